The third-order valence-electron chi connectivity index (χ3n) is 3.58. The fourth-order valence-electron chi connectivity index (χ4n) is 2.67. The van der Waals surface area contributed by atoms with Gasteiger partial charge in [-0.15, -0.1) is 0 Å². The molecule has 2 nitrogen and oxygen atoms in total. The minimum absolute atomic E-state index is 0.213. The van der Waals surface area contributed by atoms with Crippen LogP contribution >= 0.6 is 15.9 Å². The number of hydrogen-bond donors (Lipinski definition) is 0. The van der Waals surface area contributed by atoms with Gasteiger partial charge in [-0.05, 0) is 34.8 Å². The number of hydrogen-bond acceptors (Lipinski definition) is 1. The molecule has 0 bridgehead atoms. The zero-order chi connectivity index (χ0) is 11.8. The lowest BCUT2D eigenvalue weighted by Gasteiger charge is -2.23. The van der Waals surface area contributed by atoms with Gasteiger partial charge in [0.2, 0.25) is 0 Å². The SMILES string of the molecule is Fc1cc2c(cc1Br)ncn2C1CCCCC1. The summed E-state index contributed by atoms with van der Waals surface area (Å²) in [6, 6.07) is 3.83. The Balaban J connectivity index is 2.07. The van der Waals surface area contributed by atoms with Gasteiger partial charge >= 0.3 is 0 Å². The van der Waals surface area contributed by atoms with Crippen LogP contribution in [-0.4, -0.2) is 9.55 Å². The van der Waals surface area contributed by atoms with Gasteiger partial charge in [0.1, 0.15) is 5.82 Å². The van der Waals surface area contributed by atoms with E-state index in [-0.39, 0.29) is 5.82 Å². The van der Waals surface area contributed by atoms with E-state index in [0.29, 0.717) is 10.5 Å². The van der Waals surface area contributed by atoms with Crippen LogP contribution in [0.3, 0.4) is 0 Å². The van der Waals surface area contributed by atoms with Crippen LogP contribution in [0.2, 0.25) is 0 Å². The second kappa shape index (κ2) is 4.41. The van der Waals surface area contributed by atoms with Crippen molar-refractivity contribution in [2.24, 2.45) is 0 Å². The highest BCUT2D eigenvalue weighted by Gasteiger charge is 2.18. The van der Waals surface area contributed by atoms with Crippen LogP contribution in [0.25, 0.3) is 11.0 Å². The monoisotopic (exact) mass is 296 g/mol. The Labute approximate surface area is 108 Å². The maximum atomic E-state index is 13.6. The standard InChI is InChI=1S/C13H14BrFN2/c14-10-6-12-13(7-11(10)15)17(8-16-12)9-4-2-1-3-5-9/h6-9H,1-5H2. The lowest BCUT2D eigenvalue weighted by molar-refractivity contribution is 0.359. The molecule has 0 atom stereocenters. The number of halogens is 2. The molecule has 1 aliphatic rings. The Hall–Kier alpha value is -0.900. The van der Waals surface area contributed by atoms with Crippen LogP contribution < -0.4 is 0 Å². The largest absolute Gasteiger partial charge is 0.327 e. The van der Waals surface area contributed by atoms with E-state index in [0.717, 1.165) is 11.0 Å². The molecule has 1 saturated carbocycles. The zero-order valence-electron chi connectivity index (χ0n) is 9.50. The summed E-state index contributed by atoms with van der Waals surface area (Å²) >= 11 is 3.20. The van der Waals surface area contributed by atoms with E-state index in [1.807, 2.05) is 6.33 Å². The molecule has 1 heterocycles. The number of imidazole rings is 1. The van der Waals surface area contributed by atoms with Crippen molar-refractivity contribution >= 4 is 27.0 Å². The zero-order valence-corrected chi connectivity index (χ0v) is 11.1. The van der Waals surface area contributed by atoms with Crippen molar-refractivity contribution in [3.05, 3.63) is 28.7 Å². The number of fused-ring (bicyclic) bond motifs is 1. The molecule has 4 heteroatoms. The molecule has 2 aromatic rings. The summed E-state index contributed by atoms with van der Waals surface area (Å²) in [5.41, 5.74) is 1.78. The molecule has 1 fully saturated rings. The summed E-state index contributed by atoms with van der Waals surface area (Å²) in [5, 5.41) is 0. The average Bonchev–Trinajstić information content (AvgIpc) is 2.74. The van der Waals surface area contributed by atoms with Crippen LogP contribution in [0.5, 0.6) is 0 Å². The van der Waals surface area contributed by atoms with Crippen LogP contribution in [0, 0.1) is 5.82 Å². The molecule has 17 heavy (non-hydrogen) atoms. The minimum atomic E-state index is -0.213. The molecule has 1 aromatic heterocycles. The summed E-state index contributed by atoms with van der Waals surface area (Å²) in [7, 11) is 0. The topological polar surface area (TPSA) is 17.8 Å². The molecule has 1 aromatic carbocycles. The molecular weight excluding hydrogens is 283 g/mol. The summed E-state index contributed by atoms with van der Waals surface area (Å²) in [5.74, 6) is -0.213. The van der Waals surface area contributed by atoms with Crippen molar-refractivity contribution in [1.29, 1.82) is 0 Å². The van der Waals surface area contributed by atoms with Gasteiger partial charge in [-0.1, -0.05) is 19.3 Å². The summed E-state index contributed by atoms with van der Waals surface area (Å²) in [6.45, 7) is 0. The quantitative estimate of drug-likeness (QED) is 0.760. The van der Waals surface area contributed by atoms with Crippen molar-refractivity contribution < 1.29 is 4.39 Å². The third-order valence-corrected chi connectivity index (χ3v) is 4.19. The number of aromatic nitrogens is 2. The van der Waals surface area contributed by atoms with E-state index in [1.165, 1.54) is 32.1 Å². The van der Waals surface area contributed by atoms with E-state index >= 15 is 0 Å². The Morgan fingerprint density at radius 2 is 2.00 bits per heavy atom. The molecule has 0 amide bonds. The van der Waals surface area contributed by atoms with E-state index < -0.39 is 0 Å². The van der Waals surface area contributed by atoms with Crippen LogP contribution in [-0.2, 0) is 0 Å². The predicted molar refractivity (Wildman–Crippen MR) is 69.5 cm³/mol. The maximum Gasteiger partial charge on any atom is 0.139 e. The molecule has 3 rings (SSSR count). The average molecular weight is 297 g/mol. The molecule has 0 spiro atoms. The van der Waals surface area contributed by atoms with E-state index in [2.05, 4.69) is 25.5 Å². The molecule has 90 valence electrons. The fourth-order valence-corrected chi connectivity index (χ4v) is 3.00. The first-order valence-electron chi connectivity index (χ1n) is 6.07. The smallest absolute Gasteiger partial charge is 0.139 e. The summed E-state index contributed by atoms with van der Waals surface area (Å²) in [6.07, 6.45) is 8.08. The van der Waals surface area contributed by atoms with Gasteiger partial charge < -0.3 is 4.57 Å². The molecule has 0 N–H and O–H groups in total. The Kier molecular flexibility index (Phi) is 2.90. The fraction of sp³-hybridized carbons (Fsp3) is 0.462. The van der Waals surface area contributed by atoms with E-state index in [9.17, 15) is 4.39 Å². The highest BCUT2D eigenvalue weighted by Crippen LogP contribution is 2.32. The minimum Gasteiger partial charge on any atom is -0.327 e. The van der Waals surface area contributed by atoms with E-state index in [4.69, 9.17) is 0 Å². The molecule has 0 aliphatic heterocycles. The first-order chi connectivity index (χ1) is 8.25. The Morgan fingerprint density at radius 1 is 1.24 bits per heavy atom. The van der Waals surface area contributed by atoms with Crippen molar-refractivity contribution in [1.82, 2.24) is 9.55 Å². The van der Waals surface area contributed by atoms with Gasteiger partial charge in [-0.25, -0.2) is 9.37 Å². The predicted octanol–water partition coefficient (Wildman–Crippen LogP) is 4.44. The highest BCUT2D eigenvalue weighted by molar-refractivity contribution is 9.10. The normalized spacial score (nSPS) is 17.8. The molecular formula is C13H14BrFN2. The van der Waals surface area contributed by atoms with Gasteiger partial charge in [0.25, 0.3) is 0 Å². The van der Waals surface area contributed by atoms with Crippen molar-refractivity contribution in [3.8, 4) is 0 Å². The highest BCUT2D eigenvalue weighted by atomic mass is 79.9. The van der Waals surface area contributed by atoms with Gasteiger partial charge in [0, 0.05) is 12.1 Å². The van der Waals surface area contributed by atoms with Crippen LogP contribution in [0.4, 0.5) is 4.39 Å². The molecule has 0 unspecified atom stereocenters. The van der Waals surface area contributed by atoms with Gasteiger partial charge in [0.15, 0.2) is 0 Å². The number of benzene rings is 1. The van der Waals surface area contributed by atoms with Crippen LogP contribution in [0.1, 0.15) is 38.1 Å². The summed E-state index contributed by atoms with van der Waals surface area (Å²) < 4.78 is 16.2. The number of rotatable bonds is 1. The number of nitrogens with zero attached hydrogens (tertiary/aromatic N) is 2. The first-order valence-corrected chi connectivity index (χ1v) is 6.86. The first kappa shape index (κ1) is 11.2. The van der Waals surface area contributed by atoms with Gasteiger partial charge in [0.05, 0.1) is 21.8 Å². The lowest BCUT2D eigenvalue weighted by Crippen LogP contribution is -2.11. The van der Waals surface area contributed by atoms with Crippen molar-refractivity contribution in [3.63, 3.8) is 0 Å². The molecule has 1 aliphatic carbocycles. The van der Waals surface area contributed by atoms with Gasteiger partial charge in [-0.3, -0.25) is 0 Å². The van der Waals surface area contributed by atoms with Crippen molar-refractivity contribution in [2.45, 2.75) is 38.1 Å². The molecule has 0 saturated heterocycles. The second-order valence-corrected chi connectivity index (χ2v) is 5.55. The Bertz CT molecular complexity index is 544. The summed E-state index contributed by atoms with van der Waals surface area (Å²) in [4.78, 5) is 4.36. The third kappa shape index (κ3) is 1.99. The second-order valence-electron chi connectivity index (χ2n) is 4.70. The van der Waals surface area contributed by atoms with Crippen LogP contribution in [0.15, 0.2) is 22.9 Å². The van der Waals surface area contributed by atoms with Crippen molar-refractivity contribution in [2.75, 3.05) is 0 Å². The van der Waals surface area contributed by atoms with Gasteiger partial charge in [-0.2, -0.15) is 0 Å². The maximum absolute atomic E-state index is 13.6. The lowest BCUT2D eigenvalue weighted by atomic mass is 9.95. The van der Waals surface area contributed by atoms with E-state index in [1.54, 1.807) is 12.1 Å². The molecule has 0 radical (unpaired) electrons. The Morgan fingerprint density at radius 3 is 2.76 bits per heavy atom.